The van der Waals surface area contributed by atoms with Gasteiger partial charge in [-0.05, 0) is 36.2 Å². The molecule has 0 aliphatic heterocycles. The summed E-state index contributed by atoms with van der Waals surface area (Å²) in [6.45, 7) is 5.29. The van der Waals surface area contributed by atoms with Crippen LogP contribution in [0.1, 0.15) is 26.3 Å². The maximum atomic E-state index is 11.9. The Morgan fingerprint density at radius 1 is 1.59 bits per heavy atom. The highest BCUT2D eigenvalue weighted by Crippen LogP contribution is 2.16. The minimum atomic E-state index is -0.114. The third-order valence-electron chi connectivity index (χ3n) is 2.27. The quantitative estimate of drug-likeness (QED) is 0.817. The molecule has 0 amide bonds. The van der Waals surface area contributed by atoms with Crippen LogP contribution < -0.4 is 10.9 Å². The lowest BCUT2D eigenvalue weighted by molar-refractivity contribution is 0.198. The molecule has 0 unspecified atom stereocenters. The minimum Gasteiger partial charge on any atom is -0.385 e. The highest BCUT2D eigenvalue weighted by Gasteiger charge is 2.10. The molecular formula is C11H18BrN3O2. The van der Waals surface area contributed by atoms with E-state index in [1.807, 2.05) is 13.8 Å². The molecule has 0 aromatic carbocycles. The van der Waals surface area contributed by atoms with Crippen LogP contribution >= 0.6 is 15.9 Å². The molecule has 0 spiro atoms. The summed E-state index contributed by atoms with van der Waals surface area (Å²) in [7, 11) is 1.67. The van der Waals surface area contributed by atoms with E-state index in [0.717, 1.165) is 18.7 Å². The third kappa shape index (κ3) is 3.81. The number of hydrogen-bond donors (Lipinski definition) is 1. The summed E-state index contributed by atoms with van der Waals surface area (Å²) in [5, 5.41) is 7.27. The maximum Gasteiger partial charge on any atom is 0.283 e. The highest BCUT2D eigenvalue weighted by atomic mass is 79.9. The fraction of sp³-hybridized carbons (Fsp3) is 0.636. The minimum absolute atomic E-state index is 0.0568. The fourth-order valence-electron chi connectivity index (χ4n) is 1.38. The molecule has 1 heterocycles. The molecule has 0 saturated heterocycles. The standard InChI is InChI=1S/C11H18BrN3O2/c1-8(2)15-11(16)10(12)9(7-14-15)13-5-4-6-17-3/h7-8,13H,4-6H2,1-3H3. The van der Waals surface area contributed by atoms with Crippen LogP contribution in [0.5, 0.6) is 0 Å². The number of nitrogens with zero attached hydrogens (tertiary/aromatic N) is 2. The molecule has 5 nitrogen and oxygen atoms in total. The van der Waals surface area contributed by atoms with Crippen LogP contribution in [-0.2, 0) is 4.74 Å². The van der Waals surface area contributed by atoms with E-state index in [9.17, 15) is 4.79 Å². The molecule has 0 aliphatic rings. The van der Waals surface area contributed by atoms with Gasteiger partial charge in [0.1, 0.15) is 4.47 Å². The molecule has 17 heavy (non-hydrogen) atoms. The molecule has 1 N–H and O–H groups in total. The van der Waals surface area contributed by atoms with Crippen molar-refractivity contribution in [3.63, 3.8) is 0 Å². The predicted octanol–water partition coefficient (Wildman–Crippen LogP) is 2.04. The zero-order valence-electron chi connectivity index (χ0n) is 10.4. The number of halogens is 1. The average Bonchev–Trinajstić information content (AvgIpc) is 2.29. The fourth-order valence-corrected chi connectivity index (χ4v) is 1.80. The van der Waals surface area contributed by atoms with Crippen molar-refractivity contribution in [3.8, 4) is 0 Å². The molecule has 0 radical (unpaired) electrons. The topological polar surface area (TPSA) is 56.1 Å². The van der Waals surface area contributed by atoms with Crippen LogP contribution in [0.3, 0.4) is 0 Å². The molecule has 1 rings (SSSR count). The SMILES string of the molecule is COCCCNc1cnn(C(C)C)c(=O)c1Br. The summed E-state index contributed by atoms with van der Waals surface area (Å²) in [4.78, 5) is 11.9. The van der Waals surface area contributed by atoms with Gasteiger partial charge in [-0.15, -0.1) is 0 Å². The van der Waals surface area contributed by atoms with Crippen LogP contribution in [-0.4, -0.2) is 30.0 Å². The van der Waals surface area contributed by atoms with E-state index in [4.69, 9.17) is 4.74 Å². The van der Waals surface area contributed by atoms with Gasteiger partial charge in [-0.3, -0.25) is 4.79 Å². The number of anilines is 1. The molecule has 0 fully saturated rings. The van der Waals surface area contributed by atoms with Gasteiger partial charge < -0.3 is 10.1 Å². The first-order chi connectivity index (χ1) is 8.07. The van der Waals surface area contributed by atoms with Crippen molar-refractivity contribution < 1.29 is 4.74 Å². The van der Waals surface area contributed by atoms with Gasteiger partial charge in [-0.25, -0.2) is 4.68 Å². The third-order valence-corrected chi connectivity index (χ3v) is 3.04. The van der Waals surface area contributed by atoms with Crippen molar-refractivity contribution in [1.29, 1.82) is 0 Å². The predicted molar refractivity (Wildman–Crippen MR) is 71.6 cm³/mol. The average molecular weight is 304 g/mol. The summed E-state index contributed by atoms with van der Waals surface area (Å²) in [5.74, 6) is 0. The van der Waals surface area contributed by atoms with Gasteiger partial charge in [0.2, 0.25) is 0 Å². The molecule has 96 valence electrons. The van der Waals surface area contributed by atoms with Gasteiger partial charge in [-0.1, -0.05) is 0 Å². The lowest BCUT2D eigenvalue weighted by Gasteiger charge is -2.12. The Morgan fingerprint density at radius 2 is 2.29 bits per heavy atom. The number of rotatable bonds is 6. The summed E-state index contributed by atoms with van der Waals surface area (Å²) < 4.78 is 6.93. The van der Waals surface area contributed by atoms with E-state index in [2.05, 4.69) is 26.3 Å². The van der Waals surface area contributed by atoms with Crippen LogP contribution in [0, 0.1) is 0 Å². The Balaban J connectivity index is 2.75. The van der Waals surface area contributed by atoms with Crippen molar-refractivity contribution in [2.24, 2.45) is 0 Å². The van der Waals surface area contributed by atoms with Crippen LogP contribution in [0.2, 0.25) is 0 Å². The van der Waals surface area contributed by atoms with Crippen molar-refractivity contribution in [1.82, 2.24) is 9.78 Å². The Morgan fingerprint density at radius 3 is 2.88 bits per heavy atom. The van der Waals surface area contributed by atoms with Gasteiger partial charge in [-0.2, -0.15) is 5.10 Å². The summed E-state index contributed by atoms with van der Waals surface area (Å²) in [5.41, 5.74) is 0.611. The molecule has 1 aromatic heterocycles. The second kappa shape index (κ2) is 6.76. The smallest absolute Gasteiger partial charge is 0.283 e. The maximum absolute atomic E-state index is 11.9. The van der Waals surface area contributed by atoms with Gasteiger partial charge in [0.25, 0.3) is 5.56 Å². The molecule has 0 aliphatic carbocycles. The Bertz CT molecular complexity index is 418. The van der Waals surface area contributed by atoms with Crippen LogP contribution in [0.4, 0.5) is 5.69 Å². The van der Waals surface area contributed by atoms with Crippen LogP contribution in [0.15, 0.2) is 15.5 Å². The van der Waals surface area contributed by atoms with Gasteiger partial charge >= 0.3 is 0 Å². The van der Waals surface area contributed by atoms with Crippen molar-refractivity contribution >= 4 is 21.6 Å². The first-order valence-corrected chi connectivity index (χ1v) is 6.37. The number of nitrogens with one attached hydrogen (secondary N) is 1. The zero-order chi connectivity index (χ0) is 12.8. The Kier molecular flexibility index (Phi) is 5.64. The van der Waals surface area contributed by atoms with Crippen molar-refractivity contribution in [2.45, 2.75) is 26.3 Å². The first kappa shape index (κ1) is 14.2. The van der Waals surface area contributed by atoms with Gasteiger partial charge in [0.15, 0.2) is 0 Å². The lowest BCUT2D eigenvalue weighted by Crippen LogP contribution is -2.26. The first-order valence-electron chi connectivity index (χ1n) is 5.58. The number of hydrogen-bond acceptors (Lipinski definition) is 4. The molecular weight excluding hydrogens is 286 g/mol. The normalized spacial score (nSPS) is 10.9. The van der Waals surface area contributed by atoms with E-state index in [-0.39, 0.29) is 11.6 Å². The molecule has 0 saturated carbocycles. The monoisotopic (exact) mass is 303 g/mol. The number of aromatic nitrogens is 2. The molecule has 0 atom stereocenters. The zero-order valence-corrected chi connectivity index (χ0v) is 12.0. The highest BCUT2D eigenvalue weighted by molar-refractivity contribution is 9.10. The van der Waals surface area contributed by atoms with E-state index in [0.29, 0.717) is 11.1 Å². The van der Waals surface area contributed by atoms with Gasteiger partial charge in [0.05, 0.1) is 17.9 Å². The second-order valence-corrected chi connectivity index (χ2v) is 4.78. The molecule has 1 aromatic rings. The van der Waals surface area contributed by atoms with E-state index in [1.165, 1.54) is 4.68 Å². The summed E-state index contributed by atoms with van der Waals surface area (Å²) in [6, 6.07) is 0.0568. The summed E-state index contributed by atoms with van der Waals surface area (Å²) >= 11 is 3.30. The lowest BCUT2D eigenvalue weighted by atomic mass is 10.3. The Hall–Kier alpha value is -0.880. The number of methoxy groups -OCH3 is 1. The largest absolute Gasteiger partial charge is 0.385 e. The van der Waals surface area contributed by atoms with Gasteiger partial charge in [0, 0.05) is 20.3 Å². The van der Waals surface area contributed by atoms with Crippen molar-refractivity contribution in [3.05, 3.63) is 21.0 Å². The van der Waals surface area contributed by atoms with E-state index in [1.54, 1.807) is 13.3 Å². The Labute approximate surface area is 109 Å². The second-order valence-electron chi connectivity index (χ2n) is 3.99. The van der Waals surface area contributed by atoms with E-state index < -0.39 is 0 Å². The van der Waals surface area contributed by atoms with Crippen LogP contribution in [0.25, 0.3) is 0 Å². The molecule has 0 bridgehead atoms. The molecule has 6 heteroatoms. The number of ether oxygens (including phenoxy) is 1. The van der Waals surface area contributed by atoms with E-state index >= 15 is 0 Å². The van der Waals surface area contributed by atoms with Crippen molar-refractivity contribution in [2.75, 3.05) is 25.6 Å². The summed E-state index contributed by atoms with van der Waals surface area (Å²) in [6.07, 6.45) is 2.55.